The minimum Gasteiger partial charge on any atom is -0.353 e. The van der Waals surface area contributed by atoms with E-state index in [0.29, 0.717) is 16.6 Å². The Bertz CT molecular complexity index is 450. The van der Waals surface area contributed by atoms with Crippen molar-refractivity contribution in [3.63, 3.8) is 0 Å². The normalized spacial score (nSPS) is 15.4. The van der Waals surface area contributed by atoms with Crippen LogP contribution in [0.15, 0.2) is 24.3 Å². The van der Waals surface area contributed by atoms with Gasteiger partial charge in [0.25, 0.3) is 0 Å². The predicted molar refractivity (Wildman–Crippen MR) is 75.4 cm³/mol. The Morgan fingerprint density at radius 2 is 1.74 bits per heavy atom. The fourth-order valence-electron chi connectivity index (χ4n) is 2.38. The molecule has 1 aromatic rings. The van der Waals surface area contributed by atoms with E-state index < -0.39 is 0 Å². The molecule has 0 aliphatic heterocycles. The highest BCUT2D eigenvalue weighted by molar-refractivity contribution is 6.30. The second kappa shape index (κ2) is 6.71. The standard InChI is InChI=1S/C15H18ClNO2/c16-12-7-5-11(6-8-12)14(18)9-10-15(19)17-13-3-1-2-4-13/h5-8,13H,1-4,9-10H2,(H,17,19). The molecule has 1 amide bonds. The third-order valence-corrected chi connectivity index (χ3v) is 3.72. The van der Waals surface area contributed by atoms with Gasteiger partial charge < -0.3 is 5.32 Å². The third-order valence-electron chi connectivity index (χ3n) is 3.47. The number of benzene rings is 1. The molecule has 1 fully saturated rings. The van der Waals surface area contributed by atoms with Gasteiger partial charge in [-0.2, -0.15) is 0 Å². The Hall–Kier alpha value is -1.35. The van der Waals surface area contributed by atoms with Crippen LogP contribution in [0.25, 0.3) is 0 Å². The summed E-state index contributed by atoms with van der Waals surface area (Å²) in [7, 11) is 0. The molecule has 102 valence electrons. The lowest BCUT2D eigenvalue weighted by Gasteiger charge is -2.11. The second-order valence-electron chi connectivity index (χ2n) is 4.98. The van der Waals surface area contributed by atoms with Crippen molar-refractivity contribution in [1.82, 2.24) is 5.32 Å². The number of carbonyl (C=O) groups excluding carboxylic acids is 2. The first-order valence-corrected chi connectivity index (χ1v) is 7.11. The predicted octanol–water partition coefficient (Wildman–Crippen LogP) is 3.36. The van der Waals surface area contributed by atoms with E-state index in [2.05, 4.69) is 5.32 Å². The van der Waals surface area contributed by atoms with E-state index >= 15 is 0 Å². The molecule has 1 aliphatic carbocycles. The van der Waals surface area contributed by atoms with Crippen molar-refractivity contribution >= 4 is 23.3 Å². The van der Waals surface area contributed by atoms with Gasteiger partial charge in [-0.15, -0.1) is 0 Å². The van der Waals surface area contributed by atoms with Crippen molar-refractivity contribution in [2.24, 2.45) is 0 Å². The van der Waals surface area contributed by atoms with Crippen LogP contribution in [0.5, 0.6) is 0 Å². The molecule has 0 atom stereocenters. The van der Waals surface area contributed by atoms with Gasteiger partial charge in [-0.1, -0.05) is 24.4 Å². The number of nitrogens with one attached hydrogen (secondary N) is 1. The Balaban J connectivity index is 1.76. The van der Waals surface area contributed by atoms with Gasteiger partial charge in [0.05, 0.1) is 0 Å². The molecule has 4 heteroatoms. The zero-order valence-corrected chi connectivity index (χ0v) is 11.6. The van der Waals surface area contributed by atoms with Crippen molar-refractivity contribution in [2.45, 2.75) is 44.6 Å². The largest absolute Gasteiger partial charge is 0.353 e. The van der Waals surface area contributed by atoms with E-state index in [1.165, 1.54) is 12.8 Å². The number of carbonyl (C=O) groups is 2. The van der Waals surface area contributed by atoms with Gasteiger partial charge in [0.1, 0.15) is 0 Å². The minimum atomic E-state index is -0.0192. The van der Waals surface area contributed by atoms with Gasteiger partial charge >= 0.3 is 0 Å². The summed E-state index contributed by atoms with van der Waals surface area (Å²) >= 11 is 5.76. The molecule has 19 heavy (non-hydrogen) atoms. The molecular weight excluding hydrogens is 262 g/mol. The highest BCUT2D eigenvalue weighted by atomic mass is 35.5. The second-order valence-corrected chi connectivity index (χ2v) is 5.42. The third kappa shape index (κ3) is 4.35. The summed E-state index contributed by atoms with van der Waals surface area (Å²) in [6, 6.07) is 7.08. The highest BCUT2D eigenvalue weighted by Gasteiger charge is 2.17. The first-order valence-electron chi connectivity index (χ1n) is 6.73. The Labute approximate surface area is 118 Å². The lowest BCUT2D eigenvalue weighted by Crippen LogP contribution is -2.32. The van der Waals surface area contributed by atoms with Crippen LogP contribution in [0.2, 0.25) is 5.02 Å². The molecule has 1 N–H and O–H groups in total. The zero-order valence-electron chi connectivity index (χ0n) is 10.8. The first kappa shape index (κ1) is 14.1. The smallest absolute Gasteiger partial charge is 0.220 e. The monoisotopic (exact) mass is 279 g/mol. The average Bonchev–Trinajstić information content (AvgIpc) is 2.89. The highest BCUT2D eigenvalue weighted by Crippen LogP contribution is 2.18. The van der Waals surface area contributed by atoms with Crippen LogP contribution in [-0.4, -0.2) is 17.7 Å². The molecule has 1 saturated carbocycles. The maximum atomic E-state index is 11.9. The van der Waals surface area contributed by atoms with Crippen molar-refractivity contribution in [3.8, 4) is 0 Å². The number of hydrogen-bond acceptors (Lipinski definition) is 2. The molecule has 0 heterocycles. The number of halogens is 1. The Morgan fingerprint density at radius 3 is 2.37 bits per heavy atom. The van der Waals surface area contributed by atoms with Gasteiger partial charge in [-0.05, 0) is 37.1 Å². The van der Waals surface area contributed by atoms with Crippen LogP contribution in [0, 0.1) is 0 Å². The lowest BCUT2D eigenvalue weighted by atomic mass is 10.1. The topological polar surface area (TPSA) is 46.2 Å². The summed E-state index contributed by atoms with van der Waals surface area (Å²) in [5.41, 5.74) is 0.609. The fraction of sp³-hybridized carbons (Fsp3) is 0.467. The summed E-state index contributed by atoms with van der Waals surface area (Å²) in [4.78, 5) is 23.6. The Morgan fingerprint density at radius 1 is 1.11 bits per heavy atom. The van der Waals surface area contributed by atoms with Gasteiger partial charge in [0, 0.05) is 29.5 Å². The van der Waals surface area contributed by atoms with Crippen LogP contribution >= 0.6 is 11.6 Å². The van der Waals surface area contributed by atoms with Crippen LogP contribution in [0.1, 0.15) is 48.9 Å². The number of amides is 1. The summed E-state index contributed by atoms with van der Waals surface area (Å²) in [5, 5.41) is 3.59. The molecule has 0 unspecified atom stereocenters. The van der Waals surface area contributed by atoms with E-state index in [9.17, 15) is 9.59 Å². The number of hydrogen-bond donors (Lipinski definition) is 1. The molecule has 3 nitrogen and oxygen atoms in total. The van der Waals surface area contributed by atoms with Crippen molar-refractivity contribution < 1.29 is 9.59 Å². The van der Waals surface area contributed by atoms with Gasteiger partial charge in [0.2, 0.25) is 5.91 Å². The quantitative estimate of drug-likeness (QED) is 0.840. The number of ketones is 1. The van der Waals surface area contributed by atoms with Gasteiger partial charge in [0.15, 0.2) is 5.78 Å². The molecule has 1 aromatic carbocycles. The van der Waals surface area contributed by atoms with E-state index in [1.54, 1.807) is 24.3 Å². The minimum absolute atomic E-state index is 0.0155. The number of rotatable bonds is 5. The first-order chi connectivity index (χ1) is 9.15. The van der Waals surface area contributed by atoms with E-state index in [4.69, 9.17) is 11.6 Å². The van der Waals surface area contributed by atoms with Crippen LogP contribution in [-0.2, 0) is 4.79 Å². The molecule has 0 spiro atoms. The van der Waals surface area contributed by atoms with Crippen LogP contribution in [0.3, 0.4) is 0 Å². The number of Topliss-reactive ketones (excluding diaryl/α,β-unsaturated/α-hetero) is 1. The van der Waals surface area contributed by atoms with Gasteiger partial charge in [-0.25, -0.2) is 0 Å². The van der Waals surface area contributed by atoms with Crippen molar-refractivity contribution in [1.29, 1.82) is 0 Å². The van der Waals surface area contributed by atoms with Crippen LogP contribution < -0.4 is 5.32 Å². The van der Waals surface area contributed by atoms with E-state index in [-0.39, 0.29) is 24.5 Å². The molecular formula is C15H18ClNO2. The van der Waals surface area contributed by atoms with Crippen LogP contribution in [0.4, 0.5) is 0 Å². The lowest BCUT2D eigenvalue weighted by molar-refractivity contribution is -0.121. The zero-order chi connectivity index (χ0) is 13.7. The van der Waals surface area contributed by atoms with Crippen molar-refractivity contribution in [3.05, 3.63) is 34.9 Å². The van der Waals surface area contributed by atoms with Crippen molar-refractivity contribution in [2.75, 3.05) is 0 Å². The maximum absolute atomic E-state index is 11.9. The molecule has 0 bridgehead atoms. The molecule has 1 aliphatic rings. The summed E-state index contributed by atoms with van der Waals surface area (Å²) in [6.07, 6.45) is 5.02. The molecule has 2 rings (SSSR count). The SMILES string of the molecule is O=C(CCC(=O)c1ccc(Cl)cc1)NC1CCCC1. The fourth-order valence-corrected chi connectivity index (χ4v) is 2.50. The summed E-state index contributed by atoms with van der Waals surface area (Å²) in [5.74, 6) is -0.0348. The van der Waals surface area contributed by atoms with Gasteiger partial charge in [-0.3, -0.25) is 9.59 Å². The maximum Gasteiger partial charge on any atom is 0.220 e. The Kier molecular flexibility index (Phi) is 4.97. The van der Waals surface area contributed by atoms with E-state index in [0.717, 1.165) is 12.8 Å². The average molecular weight is 280 g/mol. The molecule has 0 radical (unpaired) electrons. The molecule has 0 saturated heterocycles. The molecule has 0 aromatic heterocycles. The summed E-state index contributed by atoms with van der Waals surface area (Å²) in [6.45, 7) is 0. The van der Waals surface area contributed by atoms with E-state index in [1.807, 2.05) is 0 Å². The summed E-state index contributed by atoms with van der Waals surface area (Å²) < 4.78 is 0.